The first kappa shape index (κ1) is 10.2. The summed E-state index contributed by atoms with van der Waals surface area (Å²) in [6.07, 6.45) is 4.15. The van der Waals surface area contributed by atoms with E-state index < -0.39 is 0 Å². The second-order valence-electron chi connectivity index (χ2n) is 4.14. The molecule has 0 spiro atoms. The average Bonchev–Trinajstić information content (AvgIpc) is 2.70. The molecule has 1 aromatic carbocycles. The summed E-state index contributed by atoms with van der Waals surface area (Å²) in [5, 5.41) is 1.35. The molecule has 0 amide bonds. The van der Waals surface area contributed by atoms with Gasteiger partial charge in [0, 0.05) is 17.1 Å². The first-order chi connectivity index (χ1) is 7.24. The van der Waals surface area contributed by atoms with E-state index in [-0.39, 0.29) is 0 Å². The highest BCUT2D eigenvalue weighted by molar-refractivity contribution is 5.86. The molecule has 0 aliphatic carbocycles. The van der Waals surface area contributed by atoms with E-state index in [1.807, 2.05) is 6.20 Å². The summed E-state index contributed by atoms with van der Waals surface area (Å²) >= 11 is 0. The zero-order valence-corrected chi connectivity index (χ0v) is 9.43. The van der Waals surface area contributed by atoms with Crippen molar-refractivity contribution in [2.45, 2.75) is 26.7 Å². The van der Waals surface area contributed by atoms with Crippen molar-refractivity contribution < 1.29 is 0 Å². The zero-order chi connectivity index (χ0) is 10.8. The fourth-order valence-electron chi connectivity index (χ4n) is 2.09. The smallest absolute Gasteiger partial charge is 0.0489 e. The maximum atomic E-state index is 5.56. The van der Waals surface area contributed by atoms with Gasteiger partial charge < -0.3 is 10.7 Å². The molecule has 0 aliphatic heterocycles. The van der Waals surface area contributed by atoms with Crippen LogP contribution in [0, 0.1) is 13.8 Å². The number of aromatic nitrogens is 1. The van der Waals surface area contributed by atoms with E-state index in [9.17, 15) is 0 Å². The van der Waals surface area contributed by atoms with Crippen LogP contribution < -0.4 is 5.73 Å². The SMILES string of the molecule is Cc1cc(CCCN)c2cc[nH]c2c1C. The van der Waals surface area contributed by atoms with Gasteiger partial charge in [0.05, 0.1) is 0 Å². The highest BCUT2D eigenvalue weighted by atomic mass is 14.7. The third-order valence-corrected chi connectivity index (χ3v) is 3.10. The summed E-state index contributed by atoms with van der Waals surface area (Å²) in [6, 6.07) is 4.45. The minimum Gasteiger partial charge on any atom is -0.361 e. The molecule has 2 heteroatoms. The quantitative estimate of drug-likeness (QED) is 0.789. The molecule has 15 heavy (non-hydrogen) atoms. The number of nitrogens with two attached hydrogens (primary N) is 1. The van der Waals surface area contributed by atoms with Crippen LogP contribution in [0.2, 0.25) is 0 Å². The number of fused-ring (bicyclic) bond motifs is 1. The van der Waals surface area contributed by atoms with Gasteiger partial charge in [-0.3, -0.25) is 0 Å². The molecule has 2 nitrogen and oxygen atoms in total. The predicted octanol–water partition coefficient (Wildman–Crippen LogP) is 2.68. The topological polar surface area (TPSA) is 41.8 Å². The van der Waals surface area contributed by atoms with Crippen LogP contribution in [0.25, 0.3) is 10.9 Å². The number of hydrogen-bond acceptors (Lipinski definition) is 1. The van der Waals surface area contributed by atoms with Crippen LogP contribution in [0.3, 0.4) is 0 Å². The molecule has 1 aromatic heterocycles. The van der Waals surface area contributed by atoms with Gasteiger partial charge in [0.15, 0.2) is 0 Å². The molecule has 80 valence electrons. The number of rotatable bonds is 3. The van der Waals surface area contributed by atoms with Gasteiger partial charge in [-0.1, -0.05) is 6.07 Å². The van der Waals surface area contributed by atoms with E-state index in [0.29, 0.717) is 0 Å². The Morgan fingerprint density at radius 2 is 2.13 bits per heavy atom. The molecular formula is C13H18N2. The summed E-state index contributed by atoms with van der Waals surface area (Å²) in [5.74, 6) is 0. The molecule has 0 saturated heterocycles. The Morgan fingerprint density at radius 1 is 1.33 bits per heavy atom. The van der Waals surface area contributed by atoms with Crippen LogP contribution in [-0.4, -0.2) is 11.5 Å². The highest BCUT2D eigenvalue weighted by Gasteiger charge is 2.06. The largest absolute Gasteiger partial charge is 0.361 e. The van der Waals surface area contributed by atoms with Crippen molar-refractivity contribution in [3.8, 4) is 0 Å². The molecule has 2 rings (SSSR count). The van der Waals surface area contributed by atoms with Crippen LogP contribution in [0.1, 0.15) is 23.1 Å². The molecule has 0 saturated carbocycles. The van der Waals surface area contributed by atoms with Gasteiger partial charge in [-0.15, -0.1) is 0 Å². The van der Waals surface area contributed by atoms with E-state index in [4.69, 9.17) is 5.73 Å². The molecule has 3 N–H and O–H groups in total. The van der Waals surface area contributed by atoms with Crippen molar-refractivity contribution in [2.75, 3.05) is 6.54 Å². The third kappa shape index (κ3) is 1.77. The Morgan fingerprint density at radius 3 is 2.87 bits per heavy atom. The number of aryl methyl sites for hydroxylation is 3. The zero-order valence-electron chi connectivity index (χ0n) is 9.43. The van der Waals surface area contributed by atoms with Crippen LogP contribution in [-0.2, 0) is 6.42 Å². The summed E-state index contributed by atoms with van der Waals surface area (Å²) in [5.41, 5.74) is 11.0. The van der Waals surface area contributed by atoms with Gasteiger partial charge in [0.2, 0.25) is 0 Å². The lowest BCUT2D eigenvalue weighted by molar-refractivity contribution is 0.836. The Bertz CT molecular complexity index is 469. The Hall–Kier alpha value is -1.28. The number of H-pyrrole nitrogens is 1. The van der Waals surface area contributed by atoms with Crippen LogP contribution >= 0.6 is 0 Å². The average molecular weight is 202 g/mol. The van der Waals surface area contributed by atoms with Crippen molar-refractivity contribution in [1.82, 2.24) is 4.98 Å². The van der Waals surface area contributed by atoms with E-state index in [1.54, 1.807) is 0 Å². The fraction of sp³-hybridized carbons (Fsp3) is 0.385. The van der Waals surface area contributed by atoms with Gasteiger partial charge in [-0.2, -0.15) is 0 Å². The van der Waals surface area contributed by atoms with Crippen LogP contribution in [0.5, 0.6) is 0 Å². The number of nitrogens with one attached hydrogen (secondary N) is 1. The Labute approximate surface area is 90.5 Å². The fourth-order valence-corrected chi connectivity index (χ4v) is 2.09. The van der Waals surface area contributed by atoms with Gasteiger partial charge in [0.25, 0.3) is 0 Å². The standard InChI is InChI=1S/C13H18N2/c1-9-8-11(4-3-6-14)12-5-7-15-13(12)10(9)2/h5,7-8,15H,3-4,6,14H2,1-2H3. The number of benzene rings is 1. The first-order valence-corrected chi connectivity index (χ1v) is 5.50. The maximum Gasteiger partial charge on any atom is 0.0489 e. The summed E-state index contributed by atoms with van der Waals surface area (Å²) in [4.78, 5) is 3.31. The van der Waals surface area contributed by atoms with Crippen LogP contribution in [0.4, 0.5) is 0 Å². The lowest BCUT2D eigenvalue weighted by Crippen LogP contribution is -2.01. The van der Waals surface area contributed by atoms with E-state index in [2.05, 4.69) is 31.0 Å². The van der Waals surface area contributed by atoms with Crippen molar-refractivity contribution in [1.29, 1.82) is 0 Å². The van der Waals surface area contributed by atoms with Crippen molar-refractivity contribution >= 4 is 10.9 Å². The maximum absolute atomic E-state index is 5.56. The van der Waals surface area contributed by atoms with E-state index in [1.165, 1.54) is 27.6 Å². The van der Waals surface area contributed by atoms with E-state index >= 15 is 0 Å². The molecule has 0 radical (unpaired) electrons. The monoisotopic (exact) mass is 202 g/mol. The van der Waals surface area contributed by atoms with Crippen LogP contribution in [0.15, 0.2) is 18.3 Å². The third-order valence-electron chi connectivity index (χ3n) is 3.10. The lowest BCUT2D eigenvalue weighted by Gasteiger charge is -2.08. The first-order valence-electron chi connectivity index (χ1n) is 5.50. The second kappa shape index (κ2) is 4.07. The van der Waals surface area contributed by atoms with Gasteiger partial charge in [-0.05, 0) is 56.0 Å². The van der Waals surface area contributed by atoms with Crippen molar-refractivity contribution in [2.24, 2.45) is 5.73 Å². The molecular weight excluding hydrogens is 184 g/mol. The molecule has 0 bridgehead atoms. The second-order valence-corrected chi connectivity index (χ2v) is 4.14. The molecule has 0 unspecified atom stereocenters. The summed E-state index contributed by atoms with van der Waals surface area (Å²) < 4.78 is 0. The predicted molar refractivity (Wildman–Crippen MR) is 65.1 cm³/mol. The number of aromatic amines is 1. The molecule has 0 aliphatic rings. The Balaban J connectivity index is 2.53. The molecule has 1 heterocycles. The van der Waals surface area contributed by atoms with Gasteiger partial charge in [0.1, 0.15) is 0 Å². The van der Waals surface area contributed by atoms with Gasteiger partial charge in [-0.25, -0.2) is 0 Å². The summed E-state index contributed by atoms with van der Waals surface area (Å²) in [6.45, 7) is 5.10. The normalized spacial score (nSPS) is 11.1. The van der Waals surface area contributed by atoms with Gasteiger partial charge >= 0.3 is 0 Å². The summed E-state index contributed by atoms with van der Waals surface area (Å²) in [7, 11) is 0. The van der Waals surface area contributed by atoms with E-state index in [0.717, 1.165) is 19.4 Å². The molecule has 0 fully saturated rings. The highest BCUT2D eigenvalue weighted by Crippen LogP contribution is 2.25. The van der Waals surface area contributed by atoms with Crippen molar-refractivity contribution in [3.05, 3.63) is 35.0 Å². The minimum absolute atomic E-state index is 0.763. The Kier molecular flexibility index (Phi) is 2.78. The minimum atomic E-state index is 0.763. The number of hydrogen-bond donors (Lipinski definition) is 2. The van der Waals surface area contributed by atoms with Crippen molar-refractivity contribution in [3.63, 3.8) is 0 Å². The molecule has 2 aromatic rings. The lowest BCUT2D eigenvalue weighted by atomic mass is 9.98. The molecule has 0 atom stereocenters.